The van der Waals surface area contributed by atoms with E-state index in [2.05, 4.69) is 29.9 Å². The van der Waals surface area contributed by atoms with Gasteiger partial charge in [0.25, 0.3) is 11.8 Å². The second-order valence-corrected chi connectivity index (χ2v) is 15.3. The van der Waals surface area contributed by atoms with Crippen LogP contribution in [0.1, 0.15) is 30.7 Å². The minimum absolute atomic E-state index is 0.141. The zero-order chi connectivity index (χ0) is 37.2. The first-order valence-electron chi connectivity index (χ1n) is 15.1. The second kappa shape index (κ2) is 11.8. The van der Waals surface area contributed by atoms with E-state index in [1.807, 2.05) is 0 Å². The summed E-state index contributed by atoms with van der Waals surface area (Å²) < 4.78 is 94.5. The van der Waals surface area contributed by atoms with Crippen molar-refractivity contribution in [2.45, 2.75) is 0 Å². The summed E-state index contributed by atoms with van der Waals surface area (Å²) in [5.74, 6) is -10.9. The Balaban J connectivity index is 0.921. The Labute approximate surface area is 309 Å². The van der Waals surface area contributed by atoms with Crippen molar-refractivity contribution >= 4 is 109 Å². The Kier molecular flexibility index (Phi) is 7.12. The Hall–Kier alpha value is -5.96. The number of hydrogen-bond acceptors (Lipinski definition) is 14. The number of fused-ring (bicyclic) bond motifs is 5. The summed E-state index contributed by atoms with van der Waals surface area (Å²) in [6.07, 6.45) is 0. The van der Waals surface area contributed by atoms with E-state index in [0.717, 1.165) is 68.3 Å². The van der Waals surface area contributed by atoms with E-state index in [4.69, 9.17) is 8.83 Å². The molecule has 0 fully saturated rings. The number of nitrogens with zero attached hydrogens (tertiary/aromatic N) is 6. The van der Waals surface area contributed by atoms with Gasteiger partial charge in [-0.05, 0) is 59.3 Å². The van der Waals surface area contributed by atoms with Crippen molar-refractivity contribution in [2.75, 3.05) is 0 Å². The third-order valence-corrected chi connectivity index (χ3v) is 12.1. The van der Waals surface area contributed by atoms with Gasteiger partial charge in [-0.3, -0.25) is 9.59 Å². The molecule has 0 unspecified atom stereocenters. The molecule has 6 aromatic heterocycles. The molecule has 0 N–H and O–H groups in total. The van der Waals surface area contributed by atoms with Gasteiger partial charge in [0.15, 0.2) is 85.4 Å². The fourth-order valence-corrected chi connectivity index (χ4v) is 9.42. The van der Waals surface area contributed by atoms with Gasteiger partial charge in [-0.15, -0.1) is 0 Å². The molecule has 20 heteroatoms. The summed E-state index contributed by atoms with van der Waals surface area (Å²) in [7, 11) is 0. The molecule has 264 valence electrons. The van der Waals surface area contributed by atoms with E-state index in [1.165, 1.54) is 0 Å². The van der Waals surface area contributed by atoms with Crippen LogP contribution in [-0.2, 0) is 0 Å². The quantitative estimate of drug-likeness (QED) is 0.0907. The van der Waals surface area contributed by atoms with Gasteiger partial charge >= 0.3 is 0 Å². The van der Waals surface area contributed by atoms with E-state index in [1.54, 1.807) is 24.3 Å². The number of rotatable bonds is 6. The molecule has 0 bridgehead atoms. The molecular weight excluding hydrogens is 799 g/mol. The Morgan fingerprint density at radius 1 is 0.481 bits per heavy atom. The van der Waals surface area contributed by atoms with E-state index in [9.17, 15) is 35.9 Å². The van der Waals surface area contributed by atoms with Crippen molar-refractivity contribution in [2.24, 2.45) is 0 Å². The van der Waals surface area contributed by atoms with E-state index < -0.39 is 57.6 Å². The highest BCUT2D eigenvalue weighted by Gasteiger charge is 2.27. The van der Waals surface area contributed by atoms with Crippen LogP contribution in [0.15, 0.2) is 57.4 Å². The van der Waals surface area contributed by atoms with Crippen LogP contribution in [0.4, 0.5) is 26.3 Å². The maximum Gasteiger partial charge on any atom is 0.257 e. The number of oxazole rings is 2. The van der Waals surface area contributed by atoms with Crippen LogP contribution in [0.2, 0.25) is 0 Å². The van der Waals surface area contributed by atoms with Gasteiger partial charge in [0.2, 0.25) is 11.6 Å². The van der Waals surface area contributed by atoms with Crippen LogP contribution in [-0.4, -0.2) is 41.5 Å². The number of hydrogen-bond donors (Lipinski definition) is 0. The molecule has 0 spiro atoms. The van der Waals surface area contributed by atoms with Crippen molar-refractivity contribution in [3.63, 3.8) is 0 Å². The zero-order valence-corrected chi connectivity index (χ0v) is 29.1. The van der Waals surface area contributed by atoms with Gasteiger partial charge < -0.3 is 8.83 Å². The minimum atomic E-state index is -1.75. The maximum absolute atomic E-state index is 14.2. The van der Waals surface area contributed by atoms with Crippen LogP contribution in [0, 0.1) is 34.9 Å². The summed E-state index contributed by atoms with van der Waals surface area (Å²) in [5.41, 5.74) is 0.607. The average Bonchev–Trinajstić information content (AvgIpc) is 3.99. The summed E-state index contributed by atoms with van der Waals surface area (Å²) in [4.78, 5) is 53.5. The van der Waals surface area contributed by atoms with Crippen molar-refractivity contribution in [1.82, 2.24) is 29.9 Å². The lowest BCUT2D eigenvalue weighted by atomic mass is 10.1. The van der Waals surface area contributed by atoms with Crippen LogP contribution in [0.5, 0.6) is 0 Å². The van der Waals surface area contributed by atoms with Gasteiger partial charge in [0.05, 0.1) is 11.1 Å². The van der Waals surface area contributed by atoms with Crippen LogP contribution in [0.25, 0.3) is 74.1 Å². The highest BCUT2D eigenvalue weighted by Crippen LogP contribution is 2.38. The first kappa shape index (κ1) is 32.7. The van der Waals surface area contributed by atoms with Gasteiger partial charge in [0.1, 0.15) is 11.0 Å². The molecule has 10 aromatic rings. The molecule has 54 heavy (non-hydrogen) atoms. The van der Waals surface area contributed by atoms with E-state index >= 15 is 0 Å². The lowest BCUT2D eigenvalue weighted by Gasteiger charge is -2.01. The number of carbonyl (C=O) groups excluding carboxylic acids is 2. The third-order valence-electron chi connectivity index (χ3n) is 8.12. The van der Waals surface area contributed by atoms with E-state index in [-0.39, 0.29) is 21.8 Å². The lowest BCUT2D eigenvalue weighted by Crippen LogP contribution is -2.06. The number of aromatic nitrogens is 6. The molecule has 0 aliphatic rings. The van der Waals surface area contributed by atoms with Gasteiger partial charge in [0, 0.05) is 0 Å². The first-order chi connectivity index (χ1) is 26.0. The van der Waals surface area contributed by atoms with Gasteiger partial charge in [-0.1, -0.05) is 45.3 Å². The summed E-state index contributed by atoms with van der Waals surface area (Å²) >= 11 is 3.89. The second-order valence-electron chi connectivity index (χ2n) is 11.4. The van der Waals surface area contributed by atoms with Crippen LogP contribution in [0.3, 0.4) is 0 Å². The fourth-order valence-electron chi connectivity index (χ4n) is 5.57. The maximum atomic E-state index is 14.2. The molecular formula is C34H8F6N6O4S4. The number of carbonyl (C=O) groups is 2. The van der Waals surface area contributed by atoms with Gasteiger partial charge in [-0.2, -0.15) is 0 Å². The summed E-state index contributed by atoms with van der Waals surface area (Å²) in [6, 6.07) is 10.2. The monoisotopic (exact) mass is 806 g/mol. The van der Waals surface area contributed by atoms with Crippen LogP contribution < -0.4 is 0 Å². The molecule has 0 atom stereocenters. The number of ketones is 2. The third kappa shape index (κ3) is 5.05. The number of halogens is 6. The lowest BCUT2D eigenvalue weighted by molar-refractivity contribution is 0.102. The first-order valence-corrected chi connectivity index (χ1v) is 18.3. The largest absolute Gasteiger partial charge is 0.434 e. The molecule has 0 aliphatic carbocycles. The summed E-state index contributed by atoms with van der Waals surface area (Å²) in [6.45, 7) is 0. The predicted molar refractivity (Wildman–Crippen MR) is 187 cm³/mol. The molecule has 10 nitrogen and oxygen atoms in total. The molecule has 0 saturated carbocycles. The predicted octanol–water partition coefficient (Wildman–Crippen LogP) is 9.89. The zero-order valence-electron chi connectivity index (χ0n) is 25.8. The molecule has 0 amide bonds. The van der Waals surface area contributed by atoms with Crippen molar-refractivity contribution in [1.29, 1.82) is 0 Å². The molecule has 4 aromatic carbocycles. The minimum Gasteiger partial charge on any atom is -0.434 e. The molecule has 10 rings (SSSR count). The standard InChI is InChI=1S/C34H8F6N6O4S4/c35-13-3-1-11(19(37)21(13)39)23(47)27-43-31-33(51-27)45-29(53-31)25-41-15-5-9-8-18-16(6-10(9)7-17(15)49-25)42-26(50-18)30-46-34-32(54-30)44-28(52-34)24(48)12-2-4-14(36)22(40)20(12)38/h1-8H. The Bertz CT molecular complexity index is 2930. The summed E-state index contributed by atoms with van der Waals surface area (Å²) in [5, 5.41) is 1.96. The highest BCUT2D eigenvalue weighted by molar-refractivity contribution is 7.29. The fraction of sp³-hybridized carbons (Fsp3) is 0. The van der Waals surface area contributed by atoms with Crippen molar-refractivity contribution in [3.8, 4) is 21.8 Å². The van der Waals surface area contributed by atoms with Crippen molar-refractivity contribution in [3.05, 3.63) is 105 Å². The molecule has 0 aliphatic heterocycles. The smallest absolute Gasteiger partial charge is 0.257 e. The normalized spacial score (nSPS) is 12.0. The highest BCUT2D eigenvalue weighted by atomic mass is 32.1. The van der Waals surface area contributed by atoms with Crippen molar-refractivity contribution < 1.29 is 44.8 Å². The average molecular weight is 807 g/mol. The molecule has 6 heterocycles. The number of benzene rings is 4. The Morgan fingerprint density at radius 3 is 1.30 bits per heavy atom. The molecule has 0 saturated heterocycles. The van der Waals surface area contributed by atoms with E-state index in [0.29, 0.717) is 63.7 Å². The molecule has 0 radical (unpaired) electrons. The SMILES string of the molecule is O=C(c1nc2sc(-c3nc4cc5cc6oc(-c7nc8sc(C(=O)c9ccc(F)c(F)c9F)nc8s7)nc6cc5cc4o3)nc2s1)c1ccc(F)c(F)c1F. The van der Waals surface area contributed by atoms with Gasteiger partial charge in [-0.25, -0.2) is 56.2 Å². The van der Waals surface area contributed by atoms with Crippen LogP contribution >= 0.6 is 45.3 Å². The topological polar surface area (TPSA) is 138 Å². The Morgan fingerprint density at radius 2 is 0.889 bits per heavy atom. The number of thiazole rings is 4.